The Morgan fingerprint density at radius 3 is 2.71 bits per heavy atom. The quantitative estimate of drug-likeness (QED) is 0.652. The molecule has 0 aliphatic heterocycles. The van der Waals surface area contributed by atoms with E-state index in [1.165, 1.54) is 17.4 Å². The van der Waals surface area contributed by atoms with Crippen molar-refractivity contribution >= 4 is 17.1 Å². The second-order valence-electron chi connectivity index (χ2n) is 5.22. The number of halogens is 2. The Labute approximate surface area is 141 Å². The summed E-state index contributed by atoms with van der Waals surface area (Å²) in [4.78, 5) is 16.7. The number of hydrogen-bond acceptors (Lipinski definition) is 4. The number of benzene rings is 1. The largest absolute Gasteiger partial charge is 0.485 e. The van der Waals surface area contributed by atoms with Crippen LogP contribution in [0.1, 0.15) is 21.7 Å². The fourth-order valence-corrected chi connectivity index (χ4v) is 3.21. The molecule has 0 saturated carbocycles. The molecule has 4 nitrogen and oxygen atoms in total. The fourth-order valence-electron chi connectivity index (χ4n) is 2.46. The number of thiazole rings is 1. The maximum absolute atomic E-state index is 13.2. The van der Waals surface area contributed by atoms with Gasteiger partial charge in [0.25, 0.3) is 0 Å². The van der Waals surface area contributed by atoms with E-state index in [1.807, 2.05) is 23.8 Å². The molecule has 2 heterocycles. The van der Waals surface area contributed by atoms with E-state index in [0.717, 1.165) is 28.7 Å². The highest BCUT2D eigenvalue weighted by molar-refractivity contribution is 7.12. The highest BCUT2D eigenvalue weighted by Gasteiger charge is 2.18. The first kappa shape index (κ1) is 16.3. The van der Waals surface area contributed by atoms with Crippen molar-refractivity contribution < 1.29 is 18.3 Å². The van der Waals surface area contributed by atoms with Gasteiger partial charge in [-0.3, -0.25) is 9.36 Å². The van der Waals surface area contributed by atoms with Gasteiger partial charge in [0.2, 0.25) is 5.78 Å². The third-order valence-electron chi connectivity index (χ3n) is 3.60. The van der Waals surface area contributed by atoms with Crippen molar-refractivity contribution in [1.82, 2.24) is 9.55 Å². The van der Waals surface area contributed by atoms with Crippen LogP contribution >= 0.6 is 11.3 Å². The number of hydrogen-bond donors (Lipinski definition) is 0. The SMILES string of the molecule is Cc1cc(C(=O)COc2ccc(F)c(F)c2)c(C)n1-c1nccs1. The minimum absolute atomic E-state index is 0.107. The van der Waals surface area contributed by atoms with E-state index in [9.17, 15) is 13.6 Å². The van der Waals surface area contributed by atoms with Crippen LogP contribution < -0.4 is 4.74 Å². The zero-order valence-electron chi connectivity index (χ0n) is 13.0. The molecule has 3 rings (SSSR count). The van der Waals surface area contributed by atoms with E-state index in [1.54, 1.807) is 12.3 Å². The average molecular weight is 348 g/mol. The maximum atomic E-state index is 13.2. The molecule has 0 unspecified atom stereocenters. The van der Waals surface area contributed by atoms with Gasteiger partial charge in [-0.25, -0.2) is 13.8 Å². The summed E-state index contributed by atoms with van der Waals surface area (Å²) in [6.45, 7) is 3.47. The van der Waals surface area contributed by atoms with Gasteiger partial charge in [0.05, 0.1) is 0 Å². The molecule has 0 N–H and O–H groups in total. The van der Waals surface area contributed by atoms with Gasteiger partial charge in [-0.05, 0) is 32.0 Å². The number of aromatic nitrogens is 2. The first-order valence-corrected chi connectivity index (χ1v) is 8.05. The Morgan fingerprint density at radius 1 is 1.25 bits per heavy atom. The topological polar surface area (TPSA) is 44.1 Å². The van der Waals surface area contributed by atoms with Gasteiger partial charge < -0.3 is 4.74 Å². The summed E-state index contributed by atoms with van der Waals surface area (Å²) in [5.74, 6) is -2.10. The molecule has 0 spiro atoms. The number of ether oxygens (including phenoxy) is 1. The Balaban J connectivity index is 1.78. The third kappa shape index (κ3) is 3.07. The van der Waals surface area contributed by atoms with E-state index in [2.05, 4.69) is 4.98 Å². The van der Waals surface area contributed by atoms with Crippen LogP contribution in [0.25, 0.3) is 5.13 Å². The number of rotatable bonds is 5. The molecule has 124 valence electrons. The molecule has 3 aromatic rings. The molecule has 0 aliphatic carbocycles. The average Bonchev–Trinajstić information content (AvgIpc) is 3.16. The Kier molecular flexibility index (Phi) is 4.44. The van der Waals surface area contributed by atoms with Crippen molar-refractivity contribution in [3.63, 3.8) is 0 Å². The summed E-state index contributed by atoms with van der Waals surface area (Å²) >= 11 is 1.47. The van der Waals surface area contributed by atoms with Crippen LogP contribution in [0.15, 0.2) is 35.8 Å². The second-order valence-corrected chi connectivity index (χ2v) is 6.10. The van der Waals surface area contributed by atoms with Crippen molar-refractivity contribution in [2.24, 2.45) is 0 Å². The van der Waals surface area contributed by atoms with E-state index in [-0.39, 0.29) is 18.1 Å². The first-order chi connectivity index (χ1) is 11.5. The van der Waals surface area contributed by atoms with Crippen molar-refractivity contribution in [1.29, 1.82) is 0 Å². The van der Waals surface area contributed by atoms with Gasteiger partial charge in [-0.1, -0.05) is 0 Å². The van der Waals surface area contributed by atoms with Crippen LogP contribution in [0.2, 0.25) is 0 Å². The predicted molar refractivity (Wildman–Crippen MR) is 87.1 cm³/mol. The van der Waals surface area contributed by atoms with E-state index >= 15 is 0 Å². The van der Waals surface area contributed by atoms with Crippen LogP contribution in [0.4, 0.5) is 8.78 Å². The monoisotopic (exact) mass is 348 g/mol. The number of ketones is 1. The van der Waals surface area contributed by atoms with Crippen LogP contribution in [0.5, 0.6) is 5.75 Å². The Morgan fingerprint density at radius 2 is 2.04 bits per heavy atom. The molecule has 0 saturated heterocycles. The molecule has 7 heteroatoms. The summed E-state index contributed by atoms with van der Waals surface area (Å²) < 4.78 is 33.2. The molecule has 0 amide bonds. The van der Waals surface area contributed by atoms with E-state index in [4.69, 9.17) is 4.74 Å². The normalized spacial score (nSPS) is 10.8. The molecule has 1 aromatic carbocycles. The van der Waals surface area contributed by atoms with Gasteiger partial charge in [0, 0.05) is 34.6 Å². The fraction of sp³-hybridized carbons (Fsp3) is 0.176. The number of carbonyl (C=O) groups is 1. The van der Waals surface area contributed by atoms with Crippen molar-refractivity contribution in [2.45, 2.75) is 13.8 Å². The van der Waals surface area contributed by atoms with E-state index in [0.29, 0.717) is 5.56 Å². The summed E-state index contributed by atoms with van der Waals surface area (Å²) in [6, 6.07) is 4.93. The third-order valence-corrected chi connectivity index (χ3v) is 4.36. The number of nitrogens with zero attached hydrogens (tertiary/aromatic N) is 2. The Bertz CT molecular complexity index is 888. The smallest absolute Gasteiger partial charge is 0.202 e. The molecule has 0 aliphatic rings. The zero-order valence-corrected chi connectivity index (χ0v) is 13.9. The number of Topliss-reactive ketones (excluding diaryl/α,β-unsaturated/α-hetero) is 1. The minimum Gasteiger partial charge on any atom is -0.485 e. The lowest BCUT2D eigenvalue weighted by Gasteiger charge is -2.07. The van der Waals surface area contributed by atoms with Gasteiger partial charge in [0.1, 0.15) is 5.75 Å². The highest BCUT2D eigenvalue weighted by atomic mass is 32.1. The second kappa shape index (κ2) is 6.52. The molecule has 2 aromatic heterocycles. The number of carbonyl (C=O) groups excluding carboxylic acids is 1. The van der Waals surface area contributed by atoms with Crippen LogP contribution in [0, 0.1) is 25.5 Å². The molecule has 0 fully saturated rings. The zero-order chi connectivity index (χ0) is 17.3. The predicted octanol–water partition coefficient (Wildman–Crippen LogP) is 4.09. The van der Waals surface area contributed by atoms with Crippen LogP contribution in [-0.4, -0.2) is 21.9 Å². The van der Waals surface area contributed by atoms with Crippen molar-refractivity contribution in [2.75, 3.05) is 6.61 Å². The number of aryl methyl sites for hydroxylation is 1. The van der Waals surface area contributed by atoms with Crippen molar-refractivity contribution in [3.8, 4) is 10.9 Å². The summed E-state index contributed by atoms with van der Waals surface area (Å²) in [5.41, 5.74) is 2.17. The minimum atomic E-state index is -1.01. The Hall–Kier alpha value is -2.54. The maximum Gasteiger partial charge on any atom is 0.202 e. The lowest BCUT2D eigenvalue weighted by Crippen LogP contribution is -2.13. The summed E-state index contributed by atoms with van der Waals surface area (Å²) in [6.07, 6.45) is 1.70. The molecular weight excluding hydrogens is 334 g/mol. The van der Waals surface area contributed by atoms with Gasteiger partial charge >= 0.3 is 0 Å². The van der Waals surface area contributed by atoms with Crippen LogP contribution in [-0.2, 0) is 0 Å². The lowest BCUT2D eigenvalue weighted by molar-refractivity contribution is 0.0920. The standard InChI is InChI=1S/C17H14F2N2O2S/c1-10-7-13(11(2)21(10)17-20-5-6-24-17)16(22)9-23-12-3-4-14(18)15(19)8-12/h3-8H,9H2,1-2H3. The molecule has 0 atom stereocenters. The van der Waals surface area contributed by atoms with Gasteiger partial charge in [-0.2, -0.15) is 0 Å². The lowest BCUT2D eigenvalue weighted by atomic mass is 10.1. The van der Waals surface area contributed by atoms with Gasteiger partial charge in [0.15, 0.2) is 23.4 Å². The molecule has 0 bridgehead atoms. The van der Waals surface area contributed by atoms with Crippen LogP contribution in [0.3, 0.4) is 0 Å². The van der Waals surface area contributed by atoms with Gasteiger partial charge in [-0.15, -0.1) is 11.3 Å². The summed E-state index contributed by atoms with van der Waals surface area (Å²) in [7, 11) is 0. The highest BCUT2D eigenvalue weighted by Crippen LogP contribution is 2.23. The molecule has 0 radical (unpaired) electrons. The molecular formula is C17H14F2N2O2S. The first-order valence-electron chi connectivity index (χ1n) is 7.17. The van der Waals surface area contributed by atoms with E-state index < -0.39 is 11.6 Å². The summed E-state index contributed by atoms with van der Waals surface area (Å²) in [5, 5.41) is 2.65. The van der Waals surface area contributed by atoms with Crippen molar-refractivity contribution in [3.05, 3.63) is 64.4 Å². The molecule has 24 heavy (non-hydrogen) atoms.